The molecule has 3 nitrogen and oxygen atoms in total. The Morgan fingerprint density at radius 3 is 2.89 bits per heavy atom. The molecule has 0 aliphatic heterocycles. The molecule has 0 bridgehead atoms. The van der Waals surface area contributed by atoms with Crippen molar-refractivity contribution in [1.82, 2.24) is 4.98 Å². The summed E-state index contributed by atoms with van der Waals surface area (Å²) >= 11 is 7.11. The van der Waals surface area contributed by atoms with Gasteiger partial charge in [0.15, 0.2) is 0 Å². The highest BCUT2D eigenvalue weighted by atomic mass is 35.5. The molecule has 0 saturated carbocycles. The number of ether oxygens (including phenoxy) is 1. The number of aromatic nitrogens is 1. The second-order valence-corrected chi connectivity index (χ2v) is 5.73. The lowest BCUT2D eigenvalue weighted by molar-refractivity contribution is 0.177. The Morgan fingerprint density at radius 1 is 1.50 bits per heavy atom. The van der Waals surface area contributed by atoms with Gasteiger partial charge in [0.25, 0.3) is 0 Å². The number of methoxy groups -OCH3 is 1. The molecule has 1 N–H and O–H groups in total. The average molecular weight is 284 g/mol. The van der Waals surface area contributed by atoms with Crippen LogP contribution < -0.4 is 4.74 Å². The standard InChI is InChI=1S/C13H14ClNO2S/c1-8-3-4-11(17-2)9(5-8)6-10(16)13-15-7-12(14)18-13/h3-5,7,10,16H,6H2,1-2H3. The van der Waals surface area contributed by atoms with Crippen molar-refractivity contribution in [3.8, 4) is 5.75 Å². The maximum Gasteiger partial charge on any atom is 0.123 e. The first-order valence-electron chi connectivity index (χ1n) is 5.53. The van der Waals surface area contributed by atoms with Gasteiger partial charge in [-0.2, -0.15) is 0 Å². The van der Waals surface area contributed by atoms with E-state index in [9.17, 15) is 5.11 Å². The van der Waals surface area contributed by atoms with Crippen molar-refractivity contribution in [3.63, 3.8) is 0 Å². The highest BCUT2D eigenvalue weighted by Gasteiger charge is 2.15. The number of aryl methyl sites for hydroxylation is 1. The van der Waals surface area contributed by atoms with Gasteiger partial charge in [-0.05, 0) is 18.6 Å². The molecule has 1 heterocycles. The number of aliphatic hydroxyl groups is 1. The molecule has 1 atom stereocenters. The Kier molecular flexibility index (Phi) is 4.22. The first-order valence-corrected chi connectivity index (χ1v) is 6.72. The van der Waals surface area contributed by atoms with Crippen LogP contribution in [0.5, 0.6) is 5.75 Å². The second kappa shape index (κ2) is 5.69. The summed E-state index contributed by atoms with van der Waals surface area (Å²) in [6.07, 6.45) is 1.37. The van der Waals surface area contributed by atoms with Crippen LogP contribution in [0.2, 0.25) is 4.34 Å². The Morgan fingerprint density at radius 2 is 2.28 bits per heavy atom. The SMILES string of the molecule is COc1ccc(C)cc1CC(O)c1ncc(Cl)s1. The Hall–Kier alpha value is -1.10. The predicted octanol–water partition coefficient (Wildman–Crippen LogP) is 3.39. The van der Waals surface area contributed by atoms with E-state index in [-0.39, 0.29) is 0 Å². The van der Waals surface area contributed by atoms with Crippen LogP contribution in [0.3, 0.4) is 0 Å². The smallest absolute Gasteiger partial charge is 0.123 e. The van der Waals surface area contributed by atoms with Gasteiger partial charge in [0.2, 0.25) is 0 Å². The third-order valence-corrected chi connectivity index (χ3v) is 3.85. The van der Waals surface area contributed by atoms with Crippen LogP contribution in [0.15, 0.2) is 24.4 Å². The minimum absolute atomic E-state index is 0.467. The fourth-order valence-electron chi connectivity index (χ4n) is 1.78. The zero-order chi connectivity index (χ0) is 13.1. The summed E-state index contributed by atoms with van der Waals surface area (Å²) in [5.41, 5.74) is 2.10. The largest absolute Gasteiger partial charge is 0.496 e. The molecule has 2 aromatic rings. The van der Waals surface area contributed by atoms with Crippen molar-refractivity contribution < 1.29 is 9.84 Å². The quantitative estimate of drug-likeness (QED) is 0.935. The van der Waals surface area contributed by atoms with E-state index in [2.05, 4.69) is 4.98 Å². The van der Waals surface area contributed by atoms with Gasteiger partial charge in [-0.3, -0.25) is 0 Å². The topological polar surface area (TPSA) is 42.4 Å². The number of thiazole rings is 1. The van der Waals surface area contributed by atoms with Gasteiger partial charge < -0.3 is 9.84 Å². The number of hydrogen-bond acceptors (Lipinski definition) is 4. The molecule has 2 rings (SSSR count). The maximum atomic E-state index is 10.1. The lowest BCUT2D eigenvalue weighted by atomic mass is 10.0. The van der Waals surface area contributed by atoms with Gasteiger partial charge in [-0.1, -0.05) is 29.3 Å². The van der Waals surface area contributed by atoms with E-state index in [0.29, 0.717) is 15.8 Å². The van der Waals surface area contributed by atoms with Crippen LogP contribution in [-0.2, 0) is 6.42 Å². The minimum atomic E-state index is -0.654. The van der Waals surface area contributed by atoms with Crippen LogP contribution in [0.4, 0.5) is 0 Å². The van der Waals surface area contributed by atoms with Gasteiger partial charge in [-0.25, -0.2) is 4.98 Å². The summed E-state index contributed by atoms with van der Waals surface area (Å²) in [7, 11) is 1.63. The van der Waals surface area contributed by atoms with Gasteiger partial charge in [0.1, 0.15) is 21.2 Å². The van der Waals surface area contributed by atoms with E-state index < -0.39 is 6.10 Å². The Labute approximate surface area is 115 Å². The molecule has 18 heavy (non-hydrogen) atoms. The highest BCUT2D eigenvalue weighted by molar-refractivity contribution is 7.15. The van der Waals surface area contributed by atoms with E-state index >= 15 is 0 Å². The number of nitrogens with zero attached hydrogens (tertiary/aromatic N) is 1. The molecular formula is C13H14ClNO2S. The van der Waals surface area contributed by atoms with Crippen LogP contribution in [0.25, 0.3) is 0 Å². The molecule has 96 valence electrons. The average Bonchev–Trinajstić information content (AvgIpc) is 2.76. The van der Waals surface area contributed by atoms with Crippen molar-refractivity contribution >= 4 is 22.9 Å². The first kappa shape index (κ1) is 13.3. The van der Waals surface area contributed by atoms with Crippen LogP contribution in [0, 0.1) is 6.92 Å². The fraction of sp³-hybridized carbons (Fsp3) is 0.308. The summed E-state index contributed by atoms with van der Waals surface area (Å²) in [6.45, 7) is 2.01. The van der Waals surface area contributed by atoms with Crippen molar-refractivity contribution in [2.24, 2.45) is 0 Å². The van der Waals surface area contributed by atoms with Crippen LogP contribution in [-0.4, -0.2) is 17.2 Å². The maximum absolute atomic E-state index is 10.1. The van der Waals surface area contributed by atoms with Gasteiger partial charge in [0, 0.05) is 6.42 Å². The monoisotopic (exact) mass is 283 g/mol. The van der Waals surface area contributed by atoms with Gasteiger partial charge in [0.05, 0.1) is 13.3 Å². The molecule has 0 amide bonds. The number of halogens is 1. The molecule has 5 heteroatoms. The van der Waals surface area contributed by atoms with Crippen molar-refractivity contribution in [1.29, 1.82) is 0 Å². The predicted molar refractivity (Wildman–Crippen MR) is 73.5 cm³/mol. The molecule has 0 fully saturated rings. The minimum Gasteiger partial charge on any atom is -0.496 e. The molecule has 0 spiro atoms. The zero-order valence-electron chi connectivity index (χ0n) is 10.2. The third kappa shape index (κ3) is 3.02. The second-order valence-electron chi connectivity index (χ2n) is 4.04. The van der Waals surface area contributed by atoms with Crippen molar-refractivity contribution in [3.05, 3.63) is 44.9 Å². The molecule has 1 aromatic carbocycles. The molecule has 0 radical (unpaired) electrons. The summed E-state index contributed by atoms with van der Waals surface area (Å²) < 4.78 is 5.87. The lowest BCUT2D eigenvalue weighted by Gasteiger charge is -2.12. The number of hydrogen-bond donors (Lipinski definition) is 1. The fourth-order valence-corrected chi connectivity index (χ4v) is 2.70. The van der Waals surface area contributed by atoms with E-state index in [4.69, 9.17) is 16.3 Å². The van der Waals surface area contributed by atoms with Crippen molar-refractivity contribution in [2.45, 2.75) is 19.4 Å². The summed E-state index contributed by atoms with van der Waals surface area (Å²) in [5, 5.41) is 10.8. The van der Waals surface area contributed by atoms with Crippen molar-refractivity contribution in [2.75, 3.05) is 7.11 Å². The first-order chi connectivity index (χ1) is 8.60. The molecule has 0 saturated heterocycles. The molecule has 0 aliphatic carbocycles. The summed E-state index contributed by atoms with van der Waals surface area (Å²) in [4.78, 5) is 4.09. The van der Waals surface area contributed by atoms with Gasteiger partial charge >= 0.3 is 0 Å². The van der Waals surface area contributed by atoms with E-state index in [1.807, 2.05) is 25.1 Å². The highest BCUT2D eigenvalue weighted by Crippen LogP contribution is 2.29. The summed E-state index contributed by atoms with van der Waals surface area (Å²) in [5.74, 6) is 0.780. The van der Waals surface area contributed by atoms with E-state index in [1.165, 1.54) is 11.3 Å². The van der Waals surface area contributed by atoms with Crippen LogP contribution >= 0.6 is 22.9 Å². The zero-order valence-corrected chi connectivity index (χ0v) is 11.8. The van der Waals surface area contributed by atoms with Gasteiger partial charge in [-0.15, -0.1) is 11.3 Å². The van der Waals surface area contributed by atoms with Crippen LogP contribution in [0.1, 0.15) is 22.2 Å². The molecule has 1 unspecified atom stereocenters. The third-order valence-electron chi connectivity index (χ3n) is 2.63. The summed E-state index contributed by atoms with van der Waals surface area (Å²) in [6, 6.07) is 5.90. The number of rotatable bonds is 4. The number of aliphatic hydroxyl groups excluding tert-OH is 1. The lowest BCUT2D eigenvalue weighted by Crippen LogP contribution is -2.03. The molecule has 1 aromatic heterocycles. The van der Waals surface area contributed by atoms with E-state index in [1.54, 1.807) is 13.3 Å². The van der Waals surface area contributed by atoms with E-state index in [0.717, 1.165) is 16.9 Å². The number of benzene rings is 1. The molecule has 0 aliphatic rings. The Bertz CT molecular complexity index is 542. The Balaban J connectivity index is 2.20. The normalized spacial score (nSPS) is 12.4. The molecular weight excluding hydrogens is 270 g/mol.